The van der Waals surface area contributed by atoms with Crippen LogP contribution in [-0.4, -0.2) is 5.91 Å². The fraction of sp³-hybridized carbons (Fsp3) is 0.188. The van der Waals surface area contributed by atoms with E-state index in [0.29, 0.717) is 11.4 Å². The van der Waals surface area contributed by atoms with Gasteiger partial charge in [-0.2, -0.15) is 0 Å². The van der Waals surface area contributed by atoms with Gasteiger partial charge in [0.05, 0.1) is 6.42 Å². The third-order valence-electron chi connectivity index (χ3n) is 3.38. The highest BCUT2D eigenvalue weighted by Gasteiger charge is 2.14. The number of halogens is 2. The Hall–Kier alpha value is -2.07. The Balaban J connectivity index is 2.22. The largest absolute Gasteiger partial charge is 0.398 e. The van der Waals surface area contributed by atoms with Gasteiger partial charge in [0.1, 0.15) is 5.82 Å². The van der Waals surface area contributed by atoms with Crippen LogP contribution in [0, 0.1) is 19.7 Å². The maximum Gasteiger partial charge on any atom is 0.228 e. The standard InChI is InChI=1S/C16H16ClFN2O/c1-9-6-7-14(19)10(2)16(9)20-15(21)8-11-12(17)4-3-5-13(11)18/h3-7H,8,19H2,1-2H3,(H,20,21). The SMILES string of the molecule is Cc1ccc(N)c(C)c1NC(=O)Cc1c(F)cccc1Cl. The summed E-state index contributed by atoms with van der Waals surface area (Å²) in [5.74, 6) is -0.822. The first-order valence-electron chi connectivity index (χ1n) is 6.48. The van der Waals surface area contributed by atoms with E-state index in [9.17, 15) is 9.18 Å². The van der Waals surface area contributed by atoms with E-state index >= 15 is 0 Å². The Kier molecular flexibility index (Phi) is 4.48. The Morgan fingerprint density at radius 2 is 2.00 bits per heavy atom. The number of anilines is 2. The van der Waals surface area contributed by atoms with E-state index in [2.05, 4.69) is 5.32 Å². The zero-order valence-electron chi connectivity index (χ0n) is 11.8. The Morgan fingerprint density at radius 1 is 1.29 bits per heavy atom. The number of benzene rings is 2. The van der Waals surface area contributed by atoms with Crippen LogP contribution in [0.2, 0.25) is 5.02 Å². The molecule has 0 spiro atoms. The number of carbonyl (C=O) groups excluding carboxylic acids is 1. The first kappa shape index (κ1) is 15.3. The first-order chi connectivity index (χ1) is 9.90. The van der Waals surface area contributed by atoms with E-state index < -0.39 is 5.82 Å². The summed E-state index contributed by atoms with van der Waals surface area (Å²) in [4.78, 5) is 12.1. The van der Waals surface area contributed by atoms with Gasteiger partial charge < -0.3 is 11.1 Å². The van der Waals surface area contributed by atoms with Gasteiger partial charge in [-0.15, -0.1) is 0 Å². The second-order valence-corrected chi connectivity index (χ2v) is 5.30. The first-order valence-corrected chi connectivity index (χ1v) is 6.86. The van der Waals surface area contributed by atoms with Crippen molar-refractivity contribution in [1.82, 2.24) is 0 Å². The molecule has 0 saturated heterocycles. The molecular weight excluding hydrogens is 291 g/mol. The van der Waals surface area contributed by atoms with Crippen LogP contribution in [0.4, 0.5) is 15.8 Å². The van der Waals surface area contributed by atoms with Gasteiger partial charge in [-0.1, -0.05) is 23.7 Å². The summed E-state index contributed by atoms with van der Waals surface area (Å²) in [7, 11) is 0. The normalized spacial score (nSPS) is 10.5. The van der Waals surface area contributed by atoms with E-state index in [-0.39, 0.29) is 22.9 Å². The van der Waals surface area contributed by atoms with Gasteiger partial charge in [-0.05, 0) is 43.2 Å². The predicted molar refractivity (Wildman–Crippen MR) is 84.1 cm³/mol. The van der Waals surface area contributed by atoms with Crippen LogP contribution < -0.4 is 11.1 Å². The molecule has 0 atom stereocenters. The van der Waals surface area contributed by atoms with Crippen LogP contribution in [0.1, 0.15) is 16.7 Å². The molecule has 21 heavy (non-hydrogen) atoms. The van der Waals surface area contributed by atoms with Crippen molar-refractivity contribution < 1.29 is 9.18 Å². The summed E-state index contributed by atoms with van der Waals surface area (Å²) in [5, 5.41) is 3.02. The van der Waals surface area contributed by atoms with Crippen molar-refractivity contribution in [2.45, 2.75) is 20.3 Å². The number of carbonyl (C=O) groups is 1. The number of rotatable bonds is 3. The molecule has 3 nitrogen and oxygen atoms in total. The minimum absolute atomic E-state index is 0.126. The Bertz CT molecular complexity index is 681. The number of hydrogen-bond donors (Lipinski definition) is 2. The van der Waals surface area contributed by atoms with Crippen LogP contribution in [0.25, 0.3) is 0 Å². The summed E-state index contributed by atoms with van der Waals surface area (Å²) < 4.78 is 13.7. The van der Waals surface area contributed by atoms with Gasteiger partial charge in [-0.25, -0.2) is 4.39 Å². The van der Waals surface area contributed by atoms with Crippen molar-refractivity contribution in [2.24, 2.45) is 0 Å². The number of nitrogens with two attached hydrogens (primary N) is 1. The molecular formula is C16H16ClFN2O. The second kappa shape index (κ2) is 6.14. The summed E-state index contributed by atoms with van der Waals surface area (Å²) in [5.41, 5.74) is 8.97. The summed E-state index contributed by atoms with van der Waals surface area (Å²) >= 11 is 5.92. The molecule has 0 bridgehead atoms. The van der Waals surface area contributed by atoms with Gasteiger partial charge in [0, 0.05) is 22.0 Å². The molecule has 0 saturated carbocycles. The maximum atomic E-state index is 13.7. The zero-order chi connectivity index (χ0) is 15.6. The molecule has 0 heterocycles. The highest BCUT2D eigenvalue weighted by molar-refractivity contribution is 6.31. The van der Waals surface area contributed by atoms with Crippen molar-refractivity contribution in [2.75, 3.05) is 11.1 Å². The lowest BCUT2D eigenvalue weighted by Crippen LogP contribution is -2.17. The predicted octanol–water partition coefficient (Wildman–Crippen LogP) is 3.86. The summed E-state index contributed by atoms with van der Waals surface area (Å²) in [6.07, 6.45) is -0.126. The van der Waals surface area contributed by atoms with Crippen LogP contribution in [-0.2, 0) is 11.2 Å². The molecule has 0 radical (unpaired) electrons. The van der Waals surface area contributed by atoms with Gasteiger partial charge in [-0.3, -0.25) is 4.79 Å². The van der Waals surface area contributed by atoms with E-state index in [4.69, 9.17) is 17.3 Å². The monoisotopic (exact) mass is 306 g/mol. The highest BCUT2D eigenvalue weighted by Crippen LogP contribution is 2.26. The average Bonchev–Trinajstić information content (AvgIpc) is 2.43. The molecule has 3 N–H and O–H groups in total. The molecule has 5 heteroatoms. The molecule has 2 aromatic rings. The number of aryl methyl sites for hydroxylation is 1. The van der Waals surface area contributed by atoms with Crippen LogP contribution in [0.5, 0.6) is 0 Å². The van der Waals surface area contributed by atoms with Crippen LogP contribution in [0.3, 0.4) is 0 Å². The molecule has 110 valence electrons. The topological polar surface area (TPSA) is 55.1 Å². The Morgan fingerprint density at radius 3 is 2.67 bits per heavy atom. The average molecular weight is 307 g/mol. The number of nitrogens with one attached hydrogen (secondary N) is 1. The van der Waals surface area contributed by atoms with Gasteiger partial charge in [0.25, 0.3) is 0 Å². The van der Waals surface area contributed by atoms with Gasteiger partial charge >= 0.3 is 0 Å². The lowest BCUT2D eigenvalue weighted by molar-refractivity contribution is -0.115. The molecule has 0 aliphatic rings. The van der Waals surface area contributed by atoms with Crippen molar-refractivity contribution in [1.29, 1.82) is 0 Å². The smallest absolute Gasteiger partial charge is 0.228 e. The molecule has 0 aromatic heterocycles. The quantitative estimate of drug-likeness (QED) is 0.846. The maximum absolute atomic E-state index is 13.7. The molecule has 0 fully saturated rings. The number of amides is 1. The zero-order valence-corrected chi connectivity index (χ0v) is 12.6. The second-order valence-electron chi connectivity index (χ2n) is 4.90. The van der Waals surface area contributed by atoms with E-state index in [1.165, 1.54) is 12.1 Å². The van der Waals surface area contributed by atoms with Crippen molar-refractivity contribution in [3.8, 4) is 0 Å². The number of hydrogen-bond acceptors (Lipinski definition) is 2. The molecule has 0 aliphatic heterocycles. The van der Waals surface area contributed by atoms with Crippen molar-refractivity contribution in [3.05, 3.63) is 57.9 Å². The van der Waals surface area contributed by atoms with E-state index in [1.54, 1.807) is 12.1 Å². The van der Waals surface area contributed by atoms with Gasteiger partial charge in [0.2, 0.25) is 5.91 Å². The highest BCUT2D eigenvalue weighted by atomic mass is 35.5. The third-order valence-corrected chi connectivity index (χ3v) is 3.73. The van der Waals surface area contributed by atoms with Crippen molar-refractivity contribution >= 4 is 28.9 Å². The molecule has 0 aliphatic carbocycles. The molecule has 2 aromatic carbocycles. The lowest BCUT2D eigenvalue weighted by atomic mass is 10.1. The van der Waals surface area contributed by atoms with E-state index in [0.717, 1.165) is 11.1 Å². The molecule has 1 amide bonds. The minimum Gasteiger partial charge on any atom is -0.398 e. The van der Waals surface area contributed by atoms with Crippen LogP contribution >= 0.6 is 11.6 Å². The molecule has 2 rings (SSSR count). The fourth-order valence-corrected chi connectivity index (χ4v) is 2.33. The lowest BCUT2D eigenvalue weighted by Gasteiger charge is -2.14. The fourth-order valence-electron chi connectivity index (χ4n) is 2.10. The third kappa shape index (κ3) is 3.34. The number of nitrogen functional groups attached to an aromatic ring is 1. The summed E-state index contributed by atoms with van der Waals surface area (Å²) in [6.45, 7) is 3.70. The van der Waals surface area contributed by atoms with Gasteiger partial charge in [0.15, 0.2) is 0 Å². The Labute approximate surface area is 127 Å². The minimum atomic E-state index is -0.487. The van der Waals surface area contributed by atoms with Crippen LogP contribution in [0.15, 0.2) is 30.3 Å². The molecule has 0 unspecified atom stereocenters. The van der Waals surface area contributed by atoms with Crippen molar-refractivity contribution in [3.63, 3.8) is 0 Å². The van der Waals surface area contributed by atoms with E-state index in [1.807, 2.05) is 19.9 Å². The summed E-state index contributed by atoms with van der Waals surface area (Å²) in [6, 6.07) is 7.96.